The Morgan fingerprint density at radius 1 is 1.43 bits per heavy atom. The lowest BCUT2D eigenvalue weighted by Gasteiger charge is -2.27. The quantitative estimate of drug-likeness (QED) is 0.795. The summed E-state index contributed by atoms with van der Waals surface area (Å²) in [6.45, 7) is 3.87. The van der Waals surface area contributed by atoms with Crippen LogP contribution in [0.25, 0.3) is 11.3 Å². The molecule has 0 aromatic carbocycles. The van der Waals surface area contributed by atoms with Crippen molar-refractivity contribution in [3.63, 3.8) is 0 Å². The van der Waals surface area contributed by atoms with Crippen LogP contribution in [0.15, 0.2) is 6.07 Å². The molecule has 1 amide bonds. The van der Waals surface area contributed by atoms with Gasteiger partial charge in [0.1, 0.15) is 5.69 Å². The van der Waals surface area contributed by atoms with Crippen LogP contribution in [0, 0.1) is 13.8 Å². The van der Waals surface area contributed by atoms with Gasteiger partial charge < -0.3 is 10.4 Å². The van der Waals surface area contributed by atoms with Gasteiger partial charge in [0, 0.05) is 18.3 Å². The molecule has 2 aromatic heterocycles. The third-order valence-electron chi connectivity index (χ3n) is 4.83. The summed E-state index contributed by atoms with van der Waals surface area (Å²) in [7, 11) is 1.89. The molecule has 0 unspecified atom stereocenters. The highest BCUT2D eigenvalue weighted by Crippen LogP contribution is 2.30. The van der Waals surface area contributed by atoms with E-state index < -0.39 is 5.54 Å². The van der Waals surface area contributed by atoms with Gasteiger partial charge in [-0.2, -0.15) is 10.2 Å². The van der Waals surface area contributed by atoms with Crippen LogP contribution in [-0.4, -0.2) is 43.1 Å². The molecule has 1 saturated carbocycles. The van der Waals surface area contributed by atoms with E-state index in [1.54, 1.807) is 10.7 Å². The number of H-pyrrole nitrogens is 1. The van der Waals surface area contributed by atoms with Gasteiger partial charge in [0.2, 0.25) is 0 Å². The van der Waals surface area contributed by atoms with Crippen molar-refractivity contribution in [3.8, 4) is 11.3 Å². The zero-order chi connectivity index (χ0) is 16.6. The number of rotatable bonds is 4. The number of hydrogen-bond donors (Lipinski definition) is 3. The molecule has 0 bridgehead atoms. The average molecular weight is 317 g/mol. The van der Waals surface area contributed by atoms with Crippen molar-refractivity contribution in [3.05, 3.63) is 23.1 Å². The van der Waals surface area contributed by atoms with Gasteiger partial charge in [0.15, 0.2) is 0 Å². The van der Waals surface area contributed by atoms with Gasteiger partial charge in [-0.05, 0) is 32.8 Å². The molecule has 1 fully saturated rings. The van der Waals surface area contributed by atoms with Gasteiger partial charge in [-0.25, -0.2) is 0 Å². The summed E-state index contributed by atoms with van der Waals surface area (Å²) in [5.41, 5.74) is 3.46. The molecule has 3 rings (SSSR count). The number of hydrogen-bond acceptors (Lipinski definition) is 4. The molecular formula is C16H23N5O2. The van der Waals surface area contributed by atoms with Crippen LogP contribution in [0.3, 0.4) is 0 Å². The summed E-state index contributed by atoms with van der Waals surface area (Å²) < 4.78 is 1.80. The lowest BCUT2D eigenvalue weighted by Crippen LogP contribution is -2.49. The second-order valence-electron chi connectivity index (χ2n) is 6.44. The normalized spacial score (nSPS) is 16.7. The minimum Gasteiger partial charge on any atom is -0.394 e. The first kappa shape index (κ1) is 15.7. The molecule has 7 nitrogen and oxygen atoms in total. The highest BCUT2D eigenvalue weighted by molar-refractivity contribution is 5.94. The Kier molecular flexibility index (Phi) is 3.97. The second kappa shape index (κ2) is 5.81. The fraction of sp³-hybridized carbons (Fsp3) is 0.562. The molecule has 124 valence electrons. The molecule has 23 heavy (non-hydrogen) atoms. The fourth-order valence-corrected chi connectivity index (χ4v) is 3.39. The Hall–Kier alpha value is -2.15. The summed E-state index contributed by atoms with van der Waals surface area (Å²) in [6, 6.07) is 1.74. The highest BCUT2D eigenvalue weighted by atomic mass is 16.3. The van der Waals surface area contributed by atoms with Crippen molar-refractivity contribution in [2.45, 2.75) is 45.1 Å². The van der Waals surface area contributed by atoms with Crippen LogP contribution in [0.2, 0.25) is 0 Å². The summed E-state index contributed by atoms with van der Waals surface area (Å²) >= 11 is 0. The molecule has 2 heterocycles. The van der Waals surface area contributed by atoms with Gasteiger partial charge in [0.05, 0.1) is 23.5 Å². The largest absolute Gasteiger partial charge is 0.394 e. The number of aryl methyl sites for hydroxylation is 2. The van der Waals surface area contributed by atoms with Crippen LogP contribution in [0.4, 0.5) is 0 Å². The number of carbonyl (C=O) groups is 1. The summed E-state index contributed by atoms with van der Waals surface area (Å²) in [5, 5.41) is 24.0. The van der Waals surface area contributed by atoms with E-state index in [1.807, 2.05) is 20.9 Å². The molecule has 1 aliphatic carbocycles. The van der Waals surface area contributed by atoms with Crippen molar-refractivity contribution < 1.29 is 9.90 Å². The number of nitrogens with one attached hydrogen (secondary N) is 2. The van der Waals surface area contributed by atoms with Gasteiger partial charge >= 0.3 is 0 Å². The van der Waals surface area contributed by atoms with Gasteiger partial charge in [-0.1, -0.05) is 12.8 Å². The van der Waals surface area contributed by atoms with E-state index in [-0.39, 0.29) is 12.5 Å². The lowest BCUT2D eigenvalue weighted by molar-refractivity contribution is 0.0833. The first-order valence-corrected chi connectivity index (χ1v) is 7.95. The van der Waals surface area contributed by atoms with E-state index in [2.05, 4.69) is 20.6 Å². The van der Waals surface area contributed by atoms with Crippen molar-refractivity contribution in [1.82, 2.24) is 25.3 Å². The molecule has 0 spiro atoms. The third-order valence-corrected chi connectivity index (χ3v) is 4.83. The number of amides is 1. The van der Waals surface area contributed by atoms with Crippen LogP contribution < -0.4 is 5.32 Å². The van der Waals surface area contributed by atoms with Gasteiger partial charge in [-0.15, -0.1) is 0 Å². The Morgan fingerprint density at radius 3 is 2.70 bits per heavy atom. The predicted octanol–water partition coefficient (Wildman–Crippen LogP) is 1.46. The zero-order valence-corrected chi connectivity index (χ0v) is 13.8. The van der Waals surface area contributed by atoms with Crippen molar-refractivity contribution in [2.24, 2.45) is 7.05 Å². The predicted molar refractivity (Wildman–Crippen MR) is 86.0 cm³/mol. The maximum atomic E-state index is 12.5. The second-order valence-corrected chi connectivity index (χ2v) is 6.44. The summed E-state index contributed by atoms with van der Waals surface area (Å²) in [5.74, 6) is -0.223. The van der Waals surface area contributed by atoms with E-state index in [0.717, 1.165) is 42.6 Å². The first-order chi connectivity index (χ1) is 11.0. The lowest BCUT2D eigenvalue weighted by atomic mass is 9.98. The number of aromatic amines is 1. The molecule has 1 aliphatic rings. The maximum Gasteiger partial charge on any atom is 0.269 e. The van der Waals surface area contributed by atoms with Crippen LogP contribution in [-0.2, 0) is 7.05 Å². The van der Waals surface area contributed by atoms with E-state index in [4.69, 9.17) is 0 Å². The number of nitrogens with zero attached hydrogens (tertiary/aromatic N) is 3. The smallest absolute Gasteiger partial charge is 0.269 e. The van der Waals surface area contributed by atoms with Crippen molar-refractivity contribution in [2.75, 3.05) is 6.61 Å². The maximum absolute atomic E-state index is 12.5. The molecule has 0 saturated heterocycles. The topological polar surface area (TPSA) is 95.8 Å². The van der Waals surface area contributed by atoms with E-state index in [9.17, 15) is 9.90 Å². The molecule has 7 heteroatoms. The monoisotopic (exact) mass is 317 g/mol. The molecule has 0 radical (unpaired) electrons. The van der Waals surface area contributed by atoms with E-state index in [0.29, 0.717) is 11.4 Å². The van der Waals surface area contributed by atoms with Gasteiger partial charge in [0.25, 0.3) is 5.91 Å². The third kappa shape index (κ3) is 2.76. The Morgan fingerprint density at radius 2 is 2.13 bits per heavy atom. The molecule has 0 atom stereocenters. The zero-order valence-electron chi connectivity index (χ0n) is 13.8. The average Bonchev–Trinajstić information content (AvgIpc) is 3.21. The van der Waals surface area contributed by atoms with E-state index in [1.165, 1.54) is 0 Å². The number of aliphatic hydroxyl groups excluding tert-OH is 1. The number of aliphatic hydroxyl groups is 1. The molecular weight excluding hydrogens is 294 g/mol. The summed E-state index contributed by atoms with van der Waals surface area (Å²) in [4.78, 5) is 12.5. The number of carbonyl (C=O) groups excluding carboxylic acids is 1. The van der Waals surface area contributed by atoms with Crippen LogP contribution in [0.1, 0.15) is 47.6 Å². The van der Waals surface area contributed by atoms with Crippen LogP contribution >= 0.6 is 0 Å². The van der Waals surface area contributed by atoms with E-state index >= 15 is 0 Å². The van der Waals surface area contributed by atoms with Crippen molar-refractivity contribution in [1.29, 1.82) is 0 Å². The Balaban J connectivity index is 1.83. The Labute approximate surface area is 135 Å². The summed E-state index contributed by atoms with van der Waals surface area (Å²) in [6.07, 6.45) is 3.69. The first-order valence-electron chi connectivity index (χ1n) is 7.95. The molecule has 2 aromatic rings. The molecule has 0 aliphatic heterocycles. The minimum atomic E-state index is -0.484. The minimum absolute atomic E-state index is 0.0272. The Bertz CT molecular complexity index is 725. The molecule has 3 N–H and O–H groups in total. The highest BCUT2D eigenvalue weighted by Gasteiger charge is 2.35. The van der Waals surface area contributed by atoms with Crippen molar-refractivity contribution >= 4 is 5.91 Å². The van der Waals surface area contributed by atoms with Crippen LogP contribution in [0.5, 0.6) is 0 Å². The SMILES string of the molecule is Cc1nn(C)c(C)c1-c1cc(C(=O)NC2(CO)CCCC2)[nH]n1. The fourth-order valence-electron chi connectivity index (χ4n) is 3.39. The standard InChI is InChI=1S/C16H23N5O2/c1-10-14(11(2)21(3)20-10)12-8-13(19-18-12)15(23)17-16(9-22)6-4-5-7-16/h8,22H,4-7,9H2,1-3H3,(H,17,23)(H,18,19). The van der Waals surface area contributed by atoms with Gasteiger partial charge in [-0.3, -0.25) is 14.6 Å². The number of aromatic nitrogens is 4.